The molecule has 0 bridgehead atoms. The van der Waals surface area contributed by atoms with E-state index in [1.54, 1.807) is 12.5 Å². The Morgan fingerprint density at radius 1 is 0.923 bits per heavy atom. The predicted molar refractivity (Wildman–Crippen MR) is 57.8 cm³/mol. The van der Waals surface area contributed by atoms with Crippen molar-refractivity contribution in [1.82, 2.24) is 0 Å². The van der Waals surface area contributed by atoms with Gasteiger partial charge in [0.15, 0.2) is 0 Å². The Morgan fingerprint density at radius 2 is 1.15 bits per heavy atom. The van der Waals surface area contributed by atoms with Crippen LogP contribution < -0.4 is 0 Å². The zero-order valence-electron chi connectivity index (χ0n) is 9.63. The third-order valence-electron chi connectivity index (χ3n) is 0.425. The van der Waals surface area contributed by atoms with E-state index < -0.39 is 0 Å². The summed E-state index contributed by atoms with van der Waals surface area (Å²) in [7, 11) is 0. The van der Waals surface area contributed by atoms with Crippen LogP contribution in [0.15, 0.2) is 29.1 Å². The molecule has 2 heteroatoms. The van der Waals surface area contributed by atoms with Gasteiger partial charge in [0.1, 0.15) is 5.78 Å². The summed E-state index contributed by atoms with van der Waals surface area (Å²) in [5.41, 5.74) is 0. The standard InChI is InChI=1S/C4H4O.C3H6O.2C2H6/c1-2-4-5-3-1;1-3(2)4;2*1-2/h1-4H;1-2H3;2*1-2H3. The van der Waals surface area contributed by atoms with E-state index in [1.807, 2.05) is 39.8 Å². The van der Waals surface area contributed by atoms with E-state index in [0.717, 1.165) is 0 Å². The molecule has 0 saturated heterocycles. The Balaban J connectivity index is -0.000000114. The van der Waals surface area contributed by atoms with Crippen LogP contribution in [0.5, 0.6) is 0 Å². The van der Waals surface area contributed by atoms with Crippen molar-refractivity contribution >= 4 is 5.78 Å². The van der Waals surface area contributed by atoms with Gasteiger partial charge >= 0.3 is 0 Å². The van der Waals surface area contributed by atoms with Crippen molar-refractivity contribution in [2.45, 2.75) is 41.5 Å². The van der Waals surface area contributed by atoms with Gasteiger partial charge < -0.3 is 9.21 Å². The highest BCUT2D eigenvalue weighted by Crippen LogP contribution is 1.79. The second kappa shape index (κ2) is 22.4. The van der Waals surface area contributed by atoms with E-state index in [-0.39, 0.29) is 5.78 Å². The maximum Gasteiger partial charge on any atom is 0.126 e. The number of carbonyl (C=O) groups is 1. The Morgan fingerprint density at radius 3 is 1.23 bits per heavy atom. The summed E-state index contributed by atoms with van der Waals surface area (Å²) in [5, 5.41) is 0. The molecule has 0 N–H and O–H groups in total. The zero-order valence-corrected chi connectivity index (χ0v) is 9.63. The topological polar surface area (TPSA) is 30.2 Å². The summed E-state index contributed by atoms with van der Waals surface area (Å²) in [6.45, 7) is 11.1. The van der Waals surface area contributed by atoms with Gasteiger partial charge in [-0.3, -0.25) is 0 Å². The quantitative estimate of drug-likeness (QED) is 0.614. The van der Waals surface area contributed by atoms with Crippen molar-refractivity contribution in [3.8, 4) is 0 Å². The van der Waals surface area contributed by atoms with Crippen LogP contribution in [0.1, 0.15) is 41.5 Å². The van der Waals surface area contributed by atoms with Gasteiger partial charge in [-0.1, -0.05) is 27.7 Å². The first-order valence-electron chi connectivity index (χ1n) is 4.68. The van der Waals surface area contributed by atoms with Crippen LogP contribution in [0.3, 0.4) is 0 Å². The largest absolute Gasteiger partial charge is 0.473 e. The number of hydrogen-bond donors (Lipinski definition) is 0. The van der Waals surface area contributed by atoms with Crippen LogP contribution in [-0.4, -0.2) is 5.78 Å². The lowest BCUT2D eigenvalue weighted by Gasteiger charge is -1.56. The summed E-state index contributed by atoms with van der Waals surface area (Å²) in [6.07, 6.45) is 3.25. The fourth-order valence-corrected chi connectivity index (χ4v) is 0.227. The highest BCUT2D eigenvalue weighted by atomic mass is 16.3. The predicted octanol–water partition coefficient (Wildman–Crippen LogP) is 3.93. The fourth-order valence-electron chi connectivity index (χ4n) is 0.227. The first-order valence-corrected chi connectivity index (χ1v) is 4.68. The molecule has 0 amide bonds. The Hall–Kier alpha value is -1.05. The molecular formula is C11H22O2. The molecule has 1 aromatic heterocycles. The molecule has 0 spiro atoms. The molecule has 0 fully saturated rings. The maximum atomic E-state index is 9.44. The number of ketones is 1. The number of rotatable bonds is 0. The van der Waals surface area contributed by atoms with E-state index in [2.05, 4.69) is 4.42 Å². The minimum atomic E-state index is 0.167. The molecule has 0 atom stereocenters. The molecule has 0 aliphatic rings. The Bertz CT molecular complexity index is 122. The van der Waals surface area contributed by atoms with Crippen molar-refractivity contribution in [2.24, 2.45) is 0 Å². The van der Waals surface area contributed by atoms with Crippen LogP contribution in [0.25, 0.3) is 0 Å². The van der Waals surface area contributed by atoms with Crippen molar-refractivity contribution in [3.63, 3.8) is 0 Å². The third kappa shape index (κ3) is 56.2. The van der Waals surface area contributed by atoms with E-state index in [0.29, 0.717) is 0 Å². The van der Waals surface area contributed by atoms with Crippen molar-refractivity contribution in [3.05, 3.63) is 24.7 Å². The minimum Gasteiger partial charge on any atom is -0.473 e. The lowest BCUT2D eigenvalue weighted by molar-refractivity contribution is -0.114. The summed E-state index contributed by atoms with van der Waals surface area (Å²) < 4.78 is 4.58. The first kappa shape index (κ1) is 17.9. The summed E-state index contributed by atoms with van der Waals surface area (Å²) in [4.78, 5) is 9.44. The molecule has 1 heterocycles. The lowest BCUT2D eigenvalue weighted by atomic mass is 10.6. The SMILES string of the molecule is CC.CC.CC(C)=O.c1ccoc1. The second-order valence-electron chi connectivity index (χ2n) is 1.70. The van der Waals surface area contributed by atoms with Crippen LogP contribution in [0.4, 0.5) is 0 Å². The van der Waals surface area contributed by atoms with E-state index in [1.165, 1.54) is 13.8 Å². The van der Waals surface area contributed by atoms with Crippen LogP contribution in [0, 0.1) is 0 Å². The van der Waals surface area contributed by atoms with E-state index >= 15 is 0 Å². The monoisotopic (exact) mass is 186 g/mol. The number of hydrogen-bond acceptors (Lipinski definition) is 2. The van der Waals surface area contributed by atoms with E-state index in [9.17, 15) is 4.79 Å². The molecular weight excluding hydrogens is 164 g/mol. The molecule has 13 heavy (non-hydrogen) atoms. The normalized spacial score (nSPS) is 6.00. The molecule has 1 rings (SSSR count). The Kier molecular flexibility index (Phi) is 30.9. The van der Waals surface area contributed by atoms with Gasteiger partial charge in [0.25, 0.3) is 0 Å². The molecule has 2 nitrogen and oxygen atoms in total. The highest BCUT2D eigenvalue weighted by Gasteiger charge is 1.62. The second-order valence-corrected chi connectivity index (χ2v) is 1.70. The van der Waals surface area contributed by atoms with Gasteiger partial charge in [0, 0.05) is 0 Å². The lowest BCUT2D eigenvalue weighted by Crippen LogP contribution is -1.69. The van der Waals surface area contributed by atoms with Crippen molar-refractivity contribution in [1.29, 1.82) is 0 Å². The highest BCUT2D eigenvalue weighted by molar-refractivity contribution is 5.72. The summed E-state index contributed by atoms with van der Waals surface area (Å²) in [6, 6.07) is 3.67. The fraction of sp³-hybridized carbons (Fsp3) is 0.545. The molecule has 1 aromatic rings. The number of carbonyl (C=O) groups excluding carboxylic acids is 1. The average molecular weight is 186 g/mol. The number of Topliss-reactive ketones (excluding diaryl/α,β-unsaturated/α-hetero) is 1. The molecule has 0 aliphatic carbocycles. The number of furan rings is 1. The van der Waals surface area contributed by atoms with E-state index in [4.69, 9.17) is 0 Å². The van der Waals surface area contributed by atoms with Crippen molar-refractivity contribution < 1.29 is 9.21 Å². The van der Waals surface area contributed by atoms with Crippen LogP contribution >= 0.6 is 0 Å². The van der Waals surface area contributed by atoms with Gasteiger partial charge in [0.2, 0.25) is 0 Å². The summed E-state index contributed by atoms with van der Waals surface area (Å²) in [5.74, 6) is 0.167. The molecule has 0 radical (unpaired) electrons. The zero-order chi connectivity index (χ0) is 11.1. The van der Waals surface area contributed by atoms with Gasteiger partial charge in [-0.15, -0.1) is 0 Å². The molecule has 0 aliphatic heterocycles. The molecule has 0 aromatic carbocycles. The third-order valence-corrected chi connectivity index (χ3v) is 0.425. The Labute approximate surface area is 82.0 Å². The van der Waals surface area contributed by atoms with Gasteiger partial charge in [-0.05, 0) is 26.0 Å². The first-order chi connectivity index (χ1) is 6.23. The van der Waals surface area contributed by atoms with Gasteiger partial charge in [0.05, 0.1) is 12.5 Å². The molecule has 0 unspecified atom stereocenters. The van der Waals surface area contributed by atoms with Gasteiger partial charge in [-0.2, -0.15) is 0 Å². The molecule has 78 valence electrons. The average Bonchev–Trinajstić information content (AvgIpc) is 2.67. The van der Waals surface area contributed by atoms with Gasteiger partial charge in [-0.25, -0.2) is 0 Å². The maximum absolute atomic E-state index is 9.44. The van der Waals surface area contributed by atoms with Crippen LogP contribution in [-0.2, 0) is 4.79 Å². The summed E-state index contributed by atoms with van der Waals surface area (Å²) >= 11 is 0. The van der Waals surface area contributed by atoms with Crippen molar-refractivity contribution in [2.75, 3.05) is 0 Å². The molecule has 0 saturated carbocycles. The van der Waals surface area contributed by atoms with Crippen LogP contribution in [0.2, 0.25) is 0 Å². The smallest absolute Gasteiger partial charge is 0.126 e. The minimum absolute atomic E-state index is 0.167.